The number of halogens is 1. The number of carbonyl (C=O) groups is 1. The van der Waals surface area contributed by atoms with Gasteiger partial charge >= 0.3 is 6.03 Å². The molecule has 2 amide bonds. The highest BCUT2D eigenvalue weighted by atomic mass is 32.2. The van der Waals surface area contributed by atoms with Gasteiger partial charge in [-0.2, -0.15) is 0 Å². The number of rotatable bonds is 8. The quantitative estimate of drug-likeness (QED) is 0.483. The monoisotopic (exact) mass is 500 g/mol. The van der Waals surface area contributed by atoms with Crippen LogP contribution in [-0.2, 0) is 28.7 Å². The van der Waals surface area contributed by atoms with Crippen molar-refractivity contribution < 1.29 is 17.6 Å². The van der Waals surface area contributed by atoms with Crippen molar-refractivity contribution in [1.29, 1.82) is 0 Å². The number of sulfone groups is 1. The molecular formula is C26H33FN4O3S. The van der Waals surface area contributed by atoms with Crippen molar-refractivity contribution >= 4 is 15.9 Å². The lowest BCUT2D eigenvalue weighted by Gasteiger charge is -2.31. The van der Waals surface area contributed by atoms with Gasteiger partial charge in [0, 0.05) is 17.1 Å². The van der Waals surface area contributed by atoms with E-state index in [1.165, 1.54) is 24.4 Å². The molecule has 1 aromatic heterocycles. The Labute approximate surface area is 206 Å². The predicted molar refractivity (Wildman–Crippen MR) is 134 cm³/mol. The fourth-order valence-electron chi connectivity index (χ4n) is 3.64. The molecule has 0 aliphatic heterocycles. The fourth-order valence-corrected chi connectivity index (χ4v) is 5.15. The van der Waals surface area contributed by atoms with Crippen LogP contribution in [0.25, 0.3) is 0 Å². The number of carbonyl (C=O) groups excluding carboxylic acids is 1. The zero-order valence-corrected chi connectivity index (χ0v) is 21.6. The summed E-state index contributed by atoms with van der Waals surface area (Å²) in [5.41, 5.74) is 1.10. The predicted octanol–water partition coefficient (Wildman–Crippen LogP) is 4.76. The average molecular weight is 501 g/mol. The van der Waals surface area contributed by atoms with E-state index >= 15 is 0 Å². The number of urea groups is 1. The molecule has 0 spiro atoms. The summed E-state index contributed by atoms with van der Waals surface area (Å²) >= 11 is 0. The second kappa shape index (κ2) is 10.6. The number of amides is 2. The minimum Gasteiger partial charge on any atom is -0.333 e. The third-order valence-electron chi connectivity index (χ3n) is 5.37. The van der Waals surface area contributed by atoms with Crippen LogP contribution in [0.15, 0.2) is 66.0 Å². The minimum atomic E-state index is -3.98. The summed E-state index contributed by atoms with van der Waals surface area (Å²) in [6.45, 7) is 9.90. The van der Waals surface area contributed by atoms with Crippen LogP contribution in [0.3, 0.4) is 0 Å². The molecule has 0 aliphatic rings. The van der Waals surface area contributed by atoms with Crippen LogP contribution < -0.4 is 5.32 Å². The number of nitrogens with one attached hydrogen (secondary N) is 1. The maximum atomic E-state index is 14.2. The van der Waals surface area contributed by atoms with Gasteiger partial charge in [0.25, 0.3) is 0 Å². The van der Waals surface area contributed by atoms with Crippen molar-refractivity contribution in [1.82, 2.24) is 19.8 Å². The van der Waals surface area contributed by atoms with E-state index in [-0.39, 0.29) is 35.9 Å². The highest BCUT2D eigenvalue weighted by Crippen LogP contribution is 2.22. The van der Waals surface area contributed by atoms with Crippen molar-refractivity contribution in [3.63, 3.8) is 0 Å². The Morgan fingerprint density at radius 2 is 1.71 bits per heavy atom. The van der Waals surface area contributed by atoms with Gasteiger partial charge in [-0.25, -0.2) is 22.6 Å². The van der Waals surface area contributed by atoms with Gasteiger partial charge in [0.05, 0.1) is 30.7 Å². The van der Waals surface area contributed by atoms with Crippen LogP contribution in [0.1, 0.15) is 51.4 Å². The van der Waals surface area contributed by atoms with E-state index in [4.69, 9.17) is 0 Å². The molecule has 0 radical (unpaired) electrons. The maximum absolute atomic E-state index is 14.2. The number of imidazole rings is 1. The Morgan fingerprint density at radius 1 is 1.09 bits per heavy atom. The molecule has 0 aliphatic carbocycles. The Morgan fingerprint density at radius 3 is 2.31 bits per heavy atom. The number of nitrogens with zero attached hydrogens (tertiary/aromatic N) is 3. The summed E-state index contributed by atoms with van der Waals surface area (Å²) in [5.74, 6) is -1.09. The van der Waals surface area contributed by atoms with Gasteiger partial charge in [-0.3, -0.25) is 0 Å². The summed E-state index contributed by atoms with van der Waals surface area (Å²) in [4.78, 5) is 18.9. The van der Waals surface area contributed by atoms with Crippen molar-refractivity contribution in [3.05, 3.63) is 83.4 Å². The Balaban J connectivity index is 2.02. The van der Waals surface area contributed by atoms with Gasteiger partial charge in [0.15, 0.2) is 0 Å². The number of hydrogen-bond donors (Lipinski definition) is 1. The molecule has 3 aromatic rings. The van der Waals surface area contributed by atoms with E-state index < -0.39 is 26.9 Å². The first kappa shape index (κ1) is 26.4. The third-order valence-corrected chi connectivity index (χ3v) is 6.94. The summed E-state index contributed by atoms with van der Waals surface area (Å²) in [6.07, 6.45) is 1.48. The molecule has 2 aromatic carbocycles. The van der Waals surface area contributed by atoms with Crippen LogP contribution in [0.5, 0.6) is 0 Å². The molecule has 0 saturated carbocycles. The van der Waals surface area contributed by atoms with Gasteiger partial charge in [-0.1, -0.05) is 48.5 Å². The first-order valence-corrected chi connectivity index (χ1v) is 13.2. The van der Waals surface area contributed by atoms with Gasteiger partial charge in [-0.15, -0.1) is 0 Å². The summed E-state index contributed by atoms with van der Waals surface area (Å²) < 4.78 is 42.6. The van der Waals surface area contributed by atoms with Gasteiger partial charge in [0.2, 0.25) is 15.0 Å². The maximum Gasteiger partial charge on any atom is 0.318 e. The molecule has 0 saturated heterocycles. The van der Waals surface area contributed by atoms with E-state index in [0.29, 0.717) is 5.69 Å². The normalized spacial score (nSPS) is 12.1. The van der Waals surface area contributed by atoms with E-state index in [0.717, 1.165) is 5.56 Å². The molecule has 1 heterocycles. The fraction of sp³-hybridized carbons (Fsp3) is 0.385. The van der Waals surface area contributed by atoms with Crippen molar-refractivity contribution in [2.24, 2.45) is 0 Å². The van der Waals surface area contributed by atoms with Gasteiger partial charge < -0.3 is 14.8 Å². The lowest BCUT2D eigenvalue weighted by molar-refractivity contribution is 0.169. The average Bonchev–Trinajstić information content (AvgIpc) is 3.16. The summed E-state index contributed by atoms with van der Waals surface area (Å²) in [5, 5.41) is 2.81. The standard InChI is InChI=1S/C26H33FN4O3S/c1-19(2)30(24(32)29-26(3,4)5)17-22-15-28-25(31(22)16-20-11-7-6-8-12-20)35(33,34)18-21-13-9-10-14-23(21)27/h6-15,19H,16-18H2,1-5H3,(H,29,32). The minimum absolute atomic E-state index is 0.0803. The van der Waals surface area contributed by atoms with E-state index in [1.54, 1.807) is 15.5 Å². The molecule has 0 bridgehead atoms. The zero-order chi connectivity index (χ0) is 25.8. The Bertz CT molecular complexity index is 1270. The number of benzene rings is 2. The highest BCUT2D eigenvalue weighted by molar-refractivity contribution is 7.90. The molecule has 0 atom stereocenters. The SMILES string of the molecule is CC(C)N(Cc1cnc(S(=O)(=O)Cc2ccccc2F)n1Cc1ccccc1)C(=O)NC(C)(C)C. The lowest BCUT2D eigenvalue weighted by Crippen LogP contribution is -2.50. The van der Waals surface area contributed by atoms with Crippen molar-refractivity contribution in [2.45, 2.75) is 70.2 Å². The molecule has 7 nitrogen and oxygen atoms in total. The lowest BCUT2D eigenvalue weighted by atomic mass is 10.1. The second-order valence-electron chi connectivity index (χ2n) is 9.86. The molecule has 188 valence electrons. The van der Waals surface area contributed by atoms with Crippen molar-refractivity contribution in [3.8, 4) is 0 Å². The largest absolute Gasteiger partial charge is 0.333 e. The molecule has 35 heavy (non-hydrogen) atoms. The van der Waals surface area contributed by atoms with Gasteiger partial charge in [0.1, 0.15) is 5.82 Å². The Kier molecular flexibility index (Phi) is 8.00. The number of hydrogen-bond acceptors (Lipinski definition) is 4. The molecular weight excluding hydrogens is 467 g/mol. The molecule has 9 heteroatoms. The van der Waals surface area contributed by atoms with Crippen LogP contribution in [0.2, 0.25) is 0 Å². The first-order valence-electron chi connectivity index (χ1n) is 11.5. The van der Waals surface area contributed by atoms with Crippen LogP contribution in [0, 0.1) is 5.82 Å². The van der Waals surface area contributed by atoms with E-state index in [9.17, 15) is 17.6 Å². The summed E-state index contributed by atoms with van der Waals surface area (Å²) in [6, 6.07) is 14.8. The zero-order valence-electron chi connectivity index (χ0n) is 20.8. The molecule has 0 unspecified atom stereocenters. The Hall–Kier alpha value is -3.20. The molecule has 1 N–H and O–H groups in total. The molecule has 3 rings (SSSR count). The molecule has 0 fully saturated rings. The third kappa shape index (κ3) is 6.91. The van der Waals surface area contributed by atoms with Crippen LogP contribution in [0.4, 0.5) is 9.18 Å². The smallest absolute Gasteiger partial charge is 0.318 e. The van der Waals surface area contributed by atoms with E-state index in [1.807, 2.05) is 65.0 Å². The van der Waals surface area contributed by atoms with Gasteiger partial charge in [-0.05, 0) is 46.2 Å². The topological polar surface area (TPSA) is 84.3 Å². The second-order valence-corrected chi connectivity index (χ2v) is 11.7. The highest BCUT2D eigenvalue weighted by Gasteiger charge is 2.28. The summed E-state index contributed by atoms with van der Waals surface area (Å²) in [7, 11) is -3.98. The first-order chi connectivity index (χ1) is 16.4. The number of aromatic nitrogens is 2. The van der Waals surface area contributed by atoms with Crippen molar-refractivity contribution in [2.75, 3.05) is 0 Å². The van der Waals surface area contributed by atoms with Crippen LogP contribution in [-0.4, -0.2) is 40.5 Å². The van der Waals surface area contributed by atoms with E-state index in [2.05, 4.69) is 10.3 Å². The van der Waals surface area contributed by atoms with Crippen LogP contribution >= 0.6 is 0 Å².